The lowest BCUT2D eigenvalue weighted by atomic mass is 9.83. The van der Waals surface area contributed by atoms with E-state index in [0.717, 1.165) is 52.0 Å². The van der Waals surface area contributed by atoms with Crippen LogP contribution in [-0.4, -0.2) is 55.7 Å². The Hall–Kier alpha value is -0.650. The highest BCUT2D eigenvalue weighted by molar-refractivity contribution is 5.85. The molecule has 2 fully saturated rings. The number of ether oxygens (including phenoxy) is 1. The van der Waals surface area contributed by atoms with Gasteiger partial charge in [-0.05, 0) is 58.5 Å². The fourth-order valence-electron chi connectivity index (χ4n) is 3.50. The van der Waals surface area contributed by atoms with Crippen LogP contribution in [0.1, 0.15) is 45.4 Å². The quantitative estimate of drug-likeness (QED) is 0.593. The molecule has 0 radical (unpaired) electrons. The van der Waals surface area contributed by atoms with E-state index in [2.05, 4.69) is 17.3 Å². The van der Waals surface area contributed by atoms with E-state index in [1.54, 1.807) is 0 Å². The van der Waals surface area contributed by atoms with Gasteiger partial charge in [0.25, 0.3) is 0 Å². The molecule has 2 aliphatic carbocycles. The fraction of sp³-hybridized carbons (Fsp3) is 0.938. The third-order valence-corrected chi connectivity index (χ3v) is 4.98. The maximum Gasteiger partial charge on any atom is 0.238 e. The van der Waals surface area contributed by atoms with Crippen molar-refractivity contribution in [1.29, 1.82) is 0 Å². The normalized spacial score (nSPS) is 29.2. The van der Waals surface area contributed by atoms with Gasteiger partial charge in [-0.15, -0.1) is 0 Å². The number of hydrogen-bond donors (Lipinski definition) is 2. The predicted molar refractivity (Wildman–Crippen MR) is 84.0 cm³/mol. The van der Waals surface area contributed by atoms with Gasteiger partial charge in [0.15, 0.2) is 0 Å². The van der Waals surface area contributed by atoms with E-state index in [1.807, 2.05) is 6.92 Å². The van der Waals surface area contributed by atoms with Crippen LogP contribution in [-0.2, 0) is 9.53 Å². The summed E-state index contributed by atoms with van der Waals surface area (Å²) < 4.78 is 5.39. The number of nitrogens with zero attached hydrogens (tertiary/aromatic N) is 1. The van der Waals surface area contributed by atoms with Crippen molar-refractivity contribution < 1.29 is 9.53 Å². The van der Waals surface area contributed by atoms with Crippen molar-refractivity contribution >= 4 is 5.91 Å². The summed E-state index contributed by atoms with van der Waals surface area (Å²) in [4.78, 5) is 14.4. The van der Waals surface area contributed by atoms with Crippen molar-refractivity contribution in [2.75, 3.05) is 33.4 Å². The first-order valence-electron chi connectivity index (χ1n) is 8.42. The lowest BCUT2D eigenvalue weighted by molar-refractivity contribution is -0.126. The van der Waals surface area contributed by atoms with Crippen LogP contribution in [0, 0.1) is 5.92 Å². The van der Waals surface area contributed by atoms with Gasteiger partial charge in [-0.1, -0.05) is 6.42 Å². The zero-order valence-electron chi connectivity index (χ0n) is 13.6. The van der Waals surface area contributed by atoms with E-state index >= 15 is 0 Å². The lowest BCUT2D eigenvalue weighted by Crippen LogP contribution is -2.59. The van der Waals surface area contributed by atoms with Crippen molar-refractivity contribution in [3.05, 3.63) is 0 Å². The average Bonchev–Trinajstić information content (AvgIpc) is 3.15. The SMILES string of the molecule is CCOCCN(C)CCC1CCCC1(NC1CC1)C(N)=O. The molecule has 2 unspecified atom stereocenters. The maximum atomic E-state index is 12.1. The Bertz CT molecular complexity index is 346. The molecule has 5 heteroatoms. The van der Waals surface area contributed by atoms with E-state index in [-0.39, 0.29) is 5.91 Å². The second-order valence-electron chi connectivity index (χ2n) is 6.63. The third-order valence-electron chi connectivity index (χ3n) is 4.98. The Morgan fingerprint density at radius 2 is 2.14 bits per heavy atom. The van der Waals surface area contributed by atoms with Gasteiger partial charge in [0.1, 0.15) is 5.54 Å². The van der Waals surface area contributed by atoms with Gasteiger partial charge >= 0.3 is 0 Å². The van der Waals surface area contributed by atoms with Crippen molar-refractivity contribution in [2.24, 2.45) is 11.7 Å². The second-order valence-corrected chi connectivity index (χ2v) is 6.63. The molecule has 122 valence electrons. The van der Waals surface area contributed by atoms with Crippen LogP contribution in [0.3, 0.4) is 0 Å². The Kier molecular flexibility index (Phi) is 6.02. The van der Waals surface area contributed by atoms with Crippen molar-refractivity contribution in [3.63, 3.8) is 0 Å². The molecule has 0 saturated heterocycles. The van der Waals surface area contributed by atoms with Crippen molar-refractivity contribution in [3.8, 4) is 0 Å². The minimum absolute atomic E-state index is 0.145. The average molecular weight is 297 g/mol. The van der Waals surface area contributed by atoms with E-state index in [1.165, 1.54) is 12.8 Å². The number of carbonyl (C=O) groups is 1. The van der Waals surface area contributed by atoms with Crippen molar-refractivity contribution in [2.45, 2.75) is 57.0 Å². The number of nitrogens with one attached hydrogen (secondary N) is 1. The zero-order valence-corrected chi connectivity index (χ0v) is 13.6. The van der Waals surface area contributed by atoms with Crippen LogP contribution in [0.2, 0.25) is 0 Å². The number of nitrogens with two attached hydrogens (primary N) is 1. The third kappa shape index (κ3) is 4.41. The van der Waals surface area contributed by atoms with Crippen LogP contribution in [0.5, 0.6) is 0 Å². The zero-order chi connectivity index (χ0) is 15.3. The standard InChI is InChI=1S/C16H31N3O2/c1-3-21-12-11-19(2)10-8-13-5-4-9-16(13,15(17)20)18-14-6-7-14/h13-14,18H,3-12H2,1-2H3,(H2,17,20). The fourth-order valence-corrected chi connectivity index (χ4v) is 3.50. The van der Waals surface area contributed by atoms with Gasteiger partial charge in [-0.3, -0.25) is 4.79 Å². The molecule has 2 saturated carbocycles. The van der Waals surface area contributed by atoms with Gasteiger partial charge in [0, 0.05) is 19.2 Å². The number of amides is 1. The molecule has 3 N–H and O–H groups in total. The van der Waals surface area contributed by atoms with E-state index in [0.29, 0.717) is 12.0 Å². The summed E-state index contributed by atoms with van der Waals surface area (Å²) in [5.74, 6) is 0.235. The smallest absolute Gasteiger partial charge is 0.238 e. The Balaban J connectivity index is 1.83. The number of carbonyl (C=O) groups excluding carboxylic acids is 1. The van der Waals surface area contributed by atoms with Crippen LogP contribution < -0.4 is 11.1 Å². The molecule has 1 amide bonds. The summed E-state index contributed by atoms with van der Waals surface area (Å²) in [6.07, 6.45) is 6.54. The van der Waals surface area contributed by atoms with Crippen LogP contribution in [0.15, 0.2) is 0 Å². The minimum Gasteiger partial charge on any atom is -0.380 e. The number of hydrogen-bond acceptors (Lipinski definition) is 4. The first-order valence-corrected chi connectivity index (χ1v) is 8.42. The highest BCUT2D eigenvalue weighted by atomic mass is 16.5. The van der Waals surface area contributed by atoms with Gasteiger partial charge in [-0.2, -0.15) is 0 Å². The predicted octanol–water partition coefficient (Wildman–Crippen LogP) is 1.12. The molecule has 2 atom stereocenters. The highest BCUT2D eigenvalue weighted by Gasteiger charge is 2.49. The summed E-state index contributed by atoms with van der Waals surface area (Å²) in [5, 5.41) is 3.57. The summed E-state index contributed by atoms with van der Waals surface area (Å²) >= 11 is 0. The number of primary amides is 1. The van der Waals surface area contributed by atoms with E-state index in [9.17, 15) is 4.79 Å². The summed E-state index contributed by atoms with van der Waals surface area (Å²) in [6.45, 7) is 5.51. The van der Waals surface area contributed by atoms with Crippen LogP contribution in [0.25, 0.3) is 0 Å². The molecule has 0 heterocycles. The monoisotopic (exact) mass is 297 g/mol. The summed E-state index contributed by atoms with van der Waals surface area (Å²) in [5.41, 5.74) is 5.33. The summed E-state index contributed by atoms with van der Waals surface area (Å²) in [6, 6.07) is 0.522. The molecule has 21 heavy (non-hydrogen) atoms. The minimum atomic E-state index is -0.443. The van der Waals surface area contributed by atoms with Gasteiger partial charge in [0.05, 0.1) is 6.61 Å². The highest BCUT2D eigenvalue weighted by Crippen LogP contribution is 2.40. The molecule has 0 aliphatic heterocycles. The van der Waals surface area contributed by atoms with Gasteiger partial charge < -0.3 is 20.7 Å². The maximum absolute atomic E-state index is 12.1. The Morgan fingerprint density at radius 1 is 1.38 bits per heavy atom. The Morgan fingerprint density at radius 3 is 2.76 bits per heavy atom. The first kappa shape index (κ1) is 16.7. The van der Waals surface area contributed by atoms with E-state index in [4.69, 9.17) is 10.5 Å². The molecular formula is C16H31N3O2. The molecule has 0 aromatic heterocycles. The molecule has 2 aliphatic rings. The first-order chi connectivity index (χ1) is 10.1. The van der Waals surface area contributed by atoms with Gasteiger partial charge in [-0.25, -0.2) is 0 Å². The van der Waals surface area contributed by atoms with Crippen LogP contribution >= 0.6 is 0 Å². The van der Waals surface area contributed by atoms with Crippen LogP contribution in [0.4, 0.5) is 0 Å². The second kappa shape index (κ2) is 7.56. The van der Waals surface area contributed by atoms with Gasteiger partial charge in [0.2, 0.25) is 5.91 Å². The molecule has 2 rings (SSSR count). The molecule has 0 bridgehead atoms. The molecular weight excluding hydrogens is 266 g/mol. The largest absolute Gasteiger partial charge is 0.380 e. The Labute approximate surface area is 128 Å². The molecule has 5 nitrogen and oxygen atoms in total. The number of rotatable bonds is 10. The van der Waals surface area contributed by atoms with E-state index < -0.39 is 5.54 Å². The molecule has 0 aromatic rings. The van der Waals surface area contributed by atoms with Crippen molar-refractivity contribution in [1.82, 2.24) is 10.2 Å². The topological polar surface area (TPSA) is 67.6 Å². The number of likely N-dealkylation sites (N-methyl/N-ethyl adjacent to an activating group) is 1. The molecule has 0 aromatic carbocycles. The lowest BCUT2D eigenvalue weighted by Gasteiger charge is -2.34. The molecule has 0 spiro atoms. The summed E-state index contributed by atoms with van der Waals surface area (Å²) in [7, 11) is 2.12.